The highest BCUT2D eigenvalue weighted by atomic mass is 32.2. The molecule has 1 aliphatic carbocycles. The van der Waals surface area contributed by atoms with Crippen LogP contribution in [0.2, 0.25) is 0 Å². The molecule has 200 valence electrons. The molecule has 0 N–H and O–H groups in total. The van der Waals surface area contributed by atoms with Crippen LogP contribution < -0.4 is 0 Å². The molecule has 0 aromatic carbocycles. The van der Waals surface area contributed by atoms with Crippen molar-refractivity contribution in [2.24, 2.45) is 5.92 Å². The Morgan fingerprint density at radius 3 is 2.57 bits per heavy atom. The lowest BCUT2D eigenvalue weighted by molar-refractivity contribution is -0.155. The maximum absolute atomic E-state index is 12.4. The fourth-order valence-electron chi connectivity index (χ4n) is 3.91. The first-order valence-corrected chi connectivity index (χ1v) is 14.1. The summed E-state index contributed by atoms with van der Waals surface area (Å²) in [5.74, 6) is 2.19. The molecule has 0 aliphatic heterocycles. The Kier molecular flexibility index (Phi) is 16.0. The zero-order chi connectivity index (χ0) is 26.1. The third-order valence-electron chi connectivity index (χ3n) is 6.06. The van der Waals surface area contributed by atoms with Crippen LogP contribution in [0.25, 0.3) is 0 Å². The molecular weight excluding hydrogens is 460 g/mol. The average Bonchev–Trinajstić information content (AvgIpc) is 3.29. The summed E-state index contributed by atoms with van der Waals surface area (Å²) < 4.78 is 16.4. The third-order valence-corrected chi connectivity index (χ3v) is 6.72. The van der Waals surface area contributed by atoms with Crippen molar-refractivity contribution < 1.29 is 18.2 Å². The van der Waals surface area contributed by atoms with E-state index in [-0.39, 0.29) is 24.9 Å². The van der Waals surface area contributed by atoms with E-state index in [0.29, 0.717) is 17.5 Å². The molecular formula is C28H48N2O4S. The van der Waals surface area contributed by atoms with Crippen LogP contribution in [0.1, 0.15) is 123 Å². The number of hydrogen-bond donors (Lipinski definition) is 0. The quantitative estimate of drug-likeness (QED) is 0.115. The minimum Gasteiger partial charge on any atom is -0.460 e. The number of aromatic nitrogens is 2. The smallest absolute Gasteiger partial charge is 0.307 e. The van der Waals surface area contributed by atoms with E-state index in [2.05, 4.69) is 43.6 Å². The van der Waals surface area contributed by atoms with Crippen LogP contribution in [-0.4, -0.2) is 27.5 Å². The minimum absolute atomic E-state index is 0.115. The van der Waals surface area contributed by atoms with Crippen molar-refractivity contribution in [2.75, 3.05) is 5.75 Å². The Morgan fingerprint density at radius 1 is 1.29 bits per heavy atom. The van der Waals surface area contributed by atoms with Crippen molar-refractivity contribution in [2.45, 2.75) is 124 Å². The van der Waals surface area contributed by atoms with Gasteiger partial charge in [-0.2, -0.15) is 4.98 Å². The monoisotopic (exact) mass is 508 g/mol. The molecule has 35 heavy (non-hydrogen) atoms. The van der Waals surface area contributed by atoms with Gasteiger partial charge in [-0.25, -0.2) is 0 Å². The zero-order valence-electron chi connectivity index (χ0n) is 22.9. The van der Waals surface area contributed by atoms with Crippen LogP contribution in [0, 0.1) is 5.92 Å². The molecule has 1 saturated carbocycles. The summed E-state index contributed by atoms with van der Waals surface area (Å²) in [4.78, 5) is 16.9. The molecule has 1 aromatic heterocycles. The average molecular weight is 509 g/mol. The highest BCUT2D eigenvalue weighted by Gasteiger charge is 2.26. The van der Waals surface area contributed by atoms with Crippen LogP contribution >= 0.6 is 12.0 Å². The van der Waals surface area contributed by atoms with Gasteiger partial charge in [0.05, 0.1) is 6.42 Å². The number of rotatable bonds is 13. The molecule has 0 unspecified atom stereocenters. The summed E-state index contributed by atoms with van der Waals surface area (Å²) in [7, 11) is 0. The molecule has 0 saturated heterocycles. The fourth-order valence-corrected chi connectivity index (χ4v) is 4.29. The summed E-state index contributed by atoms with van der Waals surface area (Å²) in [5.41, 5.74) is 0.968. The van der Waals surface area contributed by atoms with Gasteiger partial charge in [0.2, 0.25) is 5.89 Å². The number of esters is 1. The summed E-state index contributed by atoms with van der Waals surface area (Å²) >= 11 is 1.30. The molecule has 1 heterocycles. The molecule has 0 amide bonds. The van der Waals surface area contributed by atoms with Crippen LogP contribution in [0.5, 0.6) is 0 Å². The zero-order valence-corrected chi connectivity index (χ0v) is 23.8. The lowest BCUT2D eigenvalue weighted by Crippen LogP contribution is -2.25. The number of nitrogens with zero attached hydrogens (tertiary/aromatic N) is 2. The van der Waals surface area contributed by atoms with E-state index in [4.69, 9.17) is 13.4 Å². The van der Waals surface area contributed by atoms with E-state index >= 15 is 0 Å². The normalized spacial score (nSPS) is 15.8. The Hall–Kier alpha value is -1.60. The van der Waals surface area contributed by atoms with Gasteiger partial charge in [0.25, 0.3) is 0 Å². The van der Waals surface area contributed by atoms with E-state index in [1.807, 2.05) is 20.8 Å². The van der Waals surface area contributed by atoms with E-state index in [1.165, 1.54) is 62.6 Å². The van der Waals surface area contributed by atoms with Crippen molar-refractivity contribution in [1.82, 2.24) is 10.1 Å². The predicted octanol–water partition coefficient (Wildman–Crippen LogP) is 8.35. The first-order valence-electron chi connectivity index (χ1n) is 13.2. The summed E-state index contributed by atoms with van der Waals surface area (Å²) in [5, 5.41) is 4.01. The maximum Gasteiger partial charge on any atom is 0.307 e. The van der Waals surface area contributed by atoms with E-state index in [1.54, 1.807) is 6.08 Å². The first-order chi connectivity index (χ1) is 16.7. The van der Waals surface area contributed by atoms with Gasteiger partial charge < -0.3 is 13.4 Å². The molecule has 0 radical (unpaired) electrons. The Morgan fingerprint density at radius 2 is 2.00 bits per heavy atom. The second kappa shape index (κ2) is 17.8. The number of ether oxygens (including phenoxy) is 1. The Bertz CT molecular complexity index is 748. The van der Waals surface area contributed by atoms with E-state index < -0.39 is 5.60 Å². The summed E-state index contributed by atoms with van der Waals surface area (Å²) in [6, 6.07) is 0. The van der Waals surface area contributed by atoms with E-state index in [0.717, 1.165) is 18.8 Å². The van der Waals surface area contributed by atoms with Crippen LogP contribution in [0.4, 0.5) is 0 Å². The molecule has 1 aliphatic rings. The predicted molar refractivity (Wildman–Crippen MR) is 145 cm³/mol. The molecule has 1 fully saturated rings. The molecule has 2 rings (SSSR count). The molecule has 0 spiro atoms. The maximum atomic E-state index is 12.4. The topological polar surface area (TPSA) is 74.5 Å². The van der Waals surface area contributed by atoms with Gasteiger partial charge in [-0.15, -0.1) is 6.58 Å². The fraction of sp³-hybridized carbons (Fsp3) is 0.750. The largest absolute Gasteiger partial charge is 0.460 e. The van der Waals surface area contributed by atoms with Crippen molar-refractivity contribution in [1.29, 1.82) is 0 Å². The number of allylic oxidation sites excluding steroid dienone is 2. The van der Waals surface area contributed by atoms with Gasteiger partial charge in [-0.05, 0) is 65.4 Å². The van der Waals surface area contributed by atoms with Crippen molar-refractivity contribution >= 4 is 18.0 Å². The lowest BCUT2D eigenvalue weighted by atomic mass is 9.84. The molecule has 6 nitrogen and oxygen atoms in total. The van der Waals surface area contributed by atoms with Crippen molar-refractivity contribution in [3.05, 3.63) is 36.0 Å². The SMILES string of the molecule is C/C=C(/C)CC.C=CCSOCc1noc([C@H](CCCC2CCCCC2)CC(=O)OC(C)(C)C)n1. The van der Waals surface area contributed by atoms with Gasteiger partial charge in [0.1, 0.15) is 12.2 Å². The van der Waals surface area contributed by atoms with Crippen molar-refractivity contribution in [3.8, 4) is 0 Å². The number of hydrogen-bond acceptors (Lipinski definition) is 7. The Balaban J connectivity index is 0.000000905. The van der Waals surface area contributed by atoms with Gasteiger partial charge in [-0.3, -0.25) is 4.79 Å². The molecule has 1 aromatic rings. The standard InChI is InChI=1S/C22H36N2O4S.C6H12/c1-5-14-29-26-16-19-23-21(28-24-19)18(15-20(25)27-22(2,3)4)13-9-12-17-10-7-6-8-11-17;1-4-6(3)5-2/h5,17-18H,1,6-16H2,2-4H3;4H,5H2,1-3H3/b;6-4-/t18-;/m1./s1. The van der Waals surface area contributed by atoms with Gasteiger partial charge >= 0.3 is 5.97 Å². The summed E-state index contributed by atoms with van der Waals surface area (Å²) in [6.07, 6.45) is 15.2. The van der Waals surface area contributed by atoms with Crippen molar-refractivity contribution in [3.63, 3.8) is 0 Å². The minimum atomic E-state index is -0.500. The van der Waals surface area contributed by atoms with Crippen LogP contribution in [-0.2, 0) is 20.3 Å². The second-order valence-electron chi connectivity index (χ2n) is 10.3. The highest BCUT2D eigenvalue weighted by molar-refractivity contribution is 7.94. The molecule has 7 heteroatoms. The lowest BCUT2D eigenvalue weighted by Gasteiger charge is -2.23. The van der Waals surface area contributed by atoms with E-state index in [9.17, 15) is 4.79 Å². The van der Waals surface area contributed by atoms with Gasteiger partial charge in [0, 0.05) is 11.7 Å². The first kappa shape index (κ1) is 31.4. The third kappa shape index (κ3) is 15.2. The number of carbonyl (C=O) groups excluding carboxylic acids is 1. The Labute approximate surface area is 217 Å². The van der Waals surface area contributed by atoms with Gasteiger partial charge in [-0.1, -0.05) is 74.8 Å². The second-order valence-corrected chi connectivity index (χ2v) is 11.1. The van der Waals surface area contributed by atoms with Crippen LogP contribution in [0.15, 0.2) is 28.8 Å². The molecule has 0 bridgehead atoms. The van der Waals surface area contributed by atoms with Gasteiger partial charge in [0.15, 0.2) is 5.82 Å². The highest BCUT2D eigenvalue weighted by Crippen LogP contribution is 2.31. The number of carbonyl (C=O) groups is 1. The summed E-state index contributed by atoms with van der Waals surface area (Å²) in [6.45, 7) is 15.9. The van der Waals surface area contributed by atoms with Crippen LogP contribution in [0.3, 0.4) is 0 Å². The molecule has 1 atom stereocenters.